The van der Waals surface area contributed by atoms with E-state index in [1.54, 1.807) is 11.3 Å². The maximum atomic E-state index is 8.81. The van der Waals surface area contributed by atoms with Crippen LogP contribution in [0, 0.1) is 0 Å². The molecule has 1 aromatic heterocycles. The second-order valence-electron chi connectivity index (χ2n) is 2.67. The van der Waals surface area contributed by atoms with Crippen molar-refractivity contribution < 1.29 is 5.11 Å². The second kappa shape index (κ2) is 2.36. The third-order valence-corrected chi connectivity index (χ3v) is 3.18. The maximum Gasteiger partial charge on any atom is 0.0774 e. The monoisotopic (exact) mass is 154 g/mol. The molecule has 1 nitrogen and oxygen atoms in total. The Morgan fingerprint density at radius 3 is 3.10 bits per heavy atom. The summed E-state index contributed by atoms with van der Waals surface area (Å²) in [6.45, 7) is 0.220. The number of aryl methyl sites for hydroxylation is 2. The minimum Gasteiger partial charge on any atom is -0.391 e. The fraction of sp³-hybridized carbons (Fsp3) is 0.500. The highest BCUT2D eigenvalue weighted by Gasteiger charge is 2.13. The van der Waals surface area contributed by atoms with E-state index in [1.807, 2.05) is 0 Å². The number of rotatable bonds is 1. The van der Waals surface area contributed by atoms with E-state index in [0.717, 1.165) is 4.88 Å². The van der Waals surface area contributed by atoms with Crippen LogP contribution in [0.2, 0.25) is 0 Å². The van der Waals surface area contributed by atoms with Crippen LogP contribution >= 0.6 is 11.3 Å². The molecular formula is C8H10OS. The van der Waals surface area contributed by atoms with Crippen molar-refractivity contribution in [3.63, 3.8) is 0 Å². The summed E-state index contributed by atoms with van der Waals surface area (Å²) in [6.07, 6.45) is 3.78. The lowest BCUT2D eigenvalue weighted by molar-refractivity contribution is 0.285. The first-order chi connectivity index (χ1) is 4.90. The number of fused-ring (bicyclic) bond motifs is 1. The Morgan fingerprint density at radius 2 is 2.40 bits per heavy atom. The van der Waals surface area contributed by atoms with Crippen LogP contribution in [0.3, 0.4) is 0 Å². The van der Waals surface area contributed by atoms with E-state index in [0.29, 0.717) is 0 Å². The standard InChI is InChI=1S/C8H10OS/c9-5-7-4-6-2-1-3-8(6)10-7/h4,9H,1-3,5H2. The zero-order valence-corrected chi connectivity index (χ0v) is 6.58. The van der Waals surface area contributed by atoms with Gasteiger partial charge in [0.2, 0.25) is 0 Å². The van der Waals surface area contributed by atoms with Crippen molar-refractivity contribution in [3.05, 3.63) is 21.4 Å². The summed E-state index contributed by atoms with van der Waals surface area (Å²) in [4.78, 5) is 2.63. The van der Waals surface area contributed by atoms with Gasteiger partial charge in [-0.3, -0.25) is 0 Å². The van der Waals surface area contributed by atoms with Crippen molar-refractivity contribution in [3.8, 4) is 0 Å². The van der Waals surface area contributed by atoms with Gasteiger partial charge in [-0.25, -0.2) is 0 Å². The van der Waals surface area contributed by atoms with Gasteiger partial charge < -0.3 is 5.11 Å². The number of aliphatic hydroxyl groups is 1. The molecule has 1 heterocycles. The molecule has 0 radical (unpaired) electrons. The highest BCUT2D eigenvalue weighted by atomic mass is 32.1. The van der Waals surface area contributed by atoms with Crippen LogP contribution in [0.25, 0.3) is 0 Å². The Kier molecular flexibility index (Phi) is 1.51. The predicted molar refractivity (Wildman–Crippen MR) is 42.3 cm³/mol. The Bertz CT molecular complexity index is 218. The number of hydrogen-bond donors (Lipinski definition) is 1. The van der Waals surface area contributed by atoms with Crippen LogP contribution < -0.4 is 0 Å². The van der Waals surface area contributed by atoms with Crippen molar-refractivity contribution >= 4 is 11.3 Å². The van der Waals surface area contributed by atoms with Gasteiger partial charge in [0.1, 0.15) is 0 Å². The van der Waals surface area contributed by atoms with Gasteiger partial charge in [0.25, 0.3) is 0 Å². The molecule has 0 aliphatic heterocycles. The topological polar surface area (TPSA) is 20.2 Å². The highest BCUT2D eigenvalue weighted by molar-refractivity contribution is 7.12. The van der Waals surface area contributed by atoms with Crippen LogP contribution in [0.1, 0.15) is 21.7 Å². The Morgan fingerprint density at radius 1 is 1.50 bits per heavy atom. The lowest BCUT2D eigenvalue weighted by Crippen LogP contribution is -1.75. The normalized spacial score (nSPS) is 15.7. The summed E-state index contributed by atoms with van der Waals surface area (Å²) in [6, 6.07) is 2.15. The number of thiophene rings is 1. The first-order valence-corrected chi connectivity index (χ1v) is 4.43. The second-order valence-corrected chi connectivity index (χ2v) is 3.89. The highest BCUT2D eigenvalue weighted by Crippen LogP contribution is 2.30. The largest absolute Gasteiger partial charge is 0.391 e. The lowest BCUT2D eigenvalue weighted by atomic mass is 10.2. The van der Waals surface area contributed by atoms with Crippen molar-refractivity contribution in [2.24, 2.45) is 0 Å². The number of aliphatic hydroxyl groups excluding tert-OH is 1. The zero-order valence-electron chi connectivity index (χ0n) is 5.76. The Labute approximate surface area is 64.3 Å². The maximum absolute atomic E-state index is 8.81. The summed E-state index contributed by atoms with van der Waals surface area (Å²) < 4.78 is 0. The average molecular weight is 154 g/mol. The molecule has 10 heavy (non-hydrogen) atoms. The van der Waals surface area contributed by atoms with Gasteiger partial charge >= 0.3 is 0 Å². The summed E-state index contributed by atoms with van der Waals surface area (Å²) >= 11 is 1.77. The molecule has 0 unspecified atom stereocenters. The smallest absolute Gasteiger partial charge is 0.0774 e. The summed E-state index contributed by atoms with van der Waals surface area (Å²) in [5, 5.41) is 8.81. The van der Waals surface area contributed by atoms with Gasteiger partial charge in [-0.05, 0) is 30.9 Å². The molecule has 54 valence electrons. The molecule has 1 aliphatic carbocycles. The molecule has 1 aromatic rings. The fourth-order valence-electron chi connectivity index (χ4n) is 1.47. The fourth-order valence-corrected chi connectivity index (χ4v) is 2.59. The SMILES string of the molecule is OCc1cc2c(s1)CCC2. The van der Waals surface area contributed by atoms with E-state index < -0.39 is 0 Å². The van der Waals surface area contributed by atoms with Crippen LogP contribution in [0.4, 0.5) is 0 Å². The molecule has 0 saturated heterocycles. The zero-order chi connectivity index (χ0) is 6.97. The summed E-state index contributed by atoms with van der Waals surface area (Å²) in [5.74, 6) is 0. The average Bonchev–Trinajstić information content (AvgIpc) is 2.42. The van der Waals surface area contributed by atoms with Crippen molar-refractivity contribution in [1.29, 1.82) is 0 Å². The molecule has 0 amide bonds. The van der Waals surface area contributed by atoms with Gasteiger partial charge in [0, 0.05) is 9.75 Å². The van der Waals surface area contributed by atoms with E-state index in [2.05, 4.69) is 6.07 Å². The Hall–Kier alpha value is -0.340. The molecule has 0 spiro atoms. The molecule has 0 aromatic carbocycles. The minimum absolute atomic E-state index is 0.220. The molecule has 0 atom stereocenters. The van der Waals surface area contributed by atoms with Gasteiger partial charge in [-0.2, -0.15) is 0 Å². The first kappa shape index (κ1) is 6.38. The van der Waals surface area contributed by atoms with E-state index in [9.17, 15) is 0 Å². The number of hydrogen-bond acceptors (Lipinski definition) is 2. The van der Waals surface area contributed by atoms with E-state index in [-0.39, 0.29) is 6.61 Å². The quantitative estimate of drug-likeness (QED) is 0.653. The molecule has 0 fully saturated rings. The molecule has 0 saturated carbocycles. The summed E-state index contributed by atoms with van der Waals surface area (Å²) in [7, 11) is 0. The molecule has 1 aliphatic rings. The van der Waals surface area contributed by atoms with Crippen LogP contribution in [-0.2, 0) is 19.4 Å². The van der Waals surface area contributed by atoms with E-state index in [1.165, 1.54) is 29.7 Å². The molecule has 2 rings (SSSR count). The van der Waals surface area contributed by atoms with Crippen LogP contribution in [0.15, 0.2) is 6.07 Å². The lowest BCUT2D eigenvalue weighted by Gasteiger charge is -1.85. The van der Waals surface area contributed by atoms with Crippen LogP contribution in [-0.4, -0.2) is 5.11 Å². The van der Waals surface area contributed by atoms with Gasteiger partial charge in [-0.15, -0.1) is 11.3 Å². The van der Waals surface area contributed by atoms with Gasteiger partial charge in [0.15, 0.2) is 0 Å². The third-order valence-electron chi connectivity index (χ3n) is 1.95. The Balaban J connectivity index is 2.37. The van der Waals surface area contributed by atoms with Gasteiger partial charge in [0.05, 0.1) is 6.61 Å². The van der Waals surface area contributed by atoms with Crippen molar-refractivity contribution in [1.82, 2.24) is 0 Å². The van der Waals surface area contributed by atoms with Crippen molar-refractivity contribution in [2.45, 2.75) is 25.9 Å². The minimum atomic E-state index is 0.220. The summed E-state index contributed by atoms with van der Waals surface area (Å²) in [5.41, 5.74) is 1.48. The molecular weight excluding hydrogens is 144 g/mol. The van der Waals surface area contributed by atoms with Crippen LogP contribution in [0.5, 0.6) is 0 Å². The molecule has 0 bridgehead atoms. The molecule has 1 N–H and O–H groups in total. The third kappa shape index (κ3) is 0.879. The van der Waals surface area contributed by atoms with Crippen molar-refractivity contribution in [2.75, 3.05) is 0 Å². The predicted octanol–water partition coefficient (Wildman–Crippen LogP) is 1.73. The first-order valence-electron chi connectivity index (χ1n) is 3.61. The van der Waals surface area contributed by atoms with E-state index >= 15 is 0 Å². The van der Waals surface area contributed by atoms with E-state index in [4.69, 9.17) is 5.11 Å². The molecule has 2 heteroatoms. The van der Waals surface area contributed by atoms with Gasteiger partial charge in [-0.1, -0.05) is 0 Å².